The van der Waals surface area contributed by atoms with Crippen molar-refractivity contribution in [2.75, 3.05) is 5.32 Å². The molecule has 1 N–H and O–H groups in total. The monoisotopic (exact) mass is 308 g/mol. The number of hydrogen-bond acceptors (Lipinski definition) is 4. The summed E-state index contributed by atoms with van der Waals surface area (Å²) in [6.07, 6.45) is 0. The van der Waals surface area contributed by atoms with Crippen LogP contribution in [0.25, 0.3) is 10.2 Å². The van der Waals surface area contributed by atoms with Crippen LogP contribution in [-0.4, -0.2) is 10.9 Å². The van der Waals surface area contributed by atoms with E-state index in [2.05, 4.69) is 10.3 Å². The fourth-order valence-electron chi connectivity index (χ4n) is 1.77. The number of aromatic nitrogens is 1. The normalized spacial score (nSPS) is 10.8. The van der Waals surface area contributed by atoms with Crippen LogP contribution in [0.4, 0.5) is 5.13 Å². The molecule has 0 radical (unpaired) electrons. The molecule has 0 saturated heterocycles. The molecule has 6 heteroatoms. The van der Waals surface area contributed by atoms with Crippen molar-refractivity contribution in [1.29, 1.82) is 0 Å². The maximum atomic E-state index is 11.9. The molecule has 3 aromatic rings. The zero-order chi connectivity index (χ0) is 13.4. The van der Waals surface area contributed by atoms with Crippen LogP contribution < -0.4 is 5.32 Å². The maximum Gasteiger partial charge on any atom is 0.267 e. The highest BCUT2D eigenvalue weighted by Crippen LogP contribution is 2.31. The molecule has 1 amide bonds. The molecule has 0 fully saturated rings. The van der Waals surface area contributed by atoms with Crippen LogP contribution in [0.5, 0.6) is 0 Å². The van der Waals surface area contributed by atoms with E-state index in [0.717, 1.165) is 15.8 Å². The largest absolute Gasteiger partial charge is 0.297 e. The number of carbonyl (C=O) groups excluding carboxylic acids is 1. The van der Waals surface area contributed by atoms with Gasteiger partial charge in [-0.1, -0.05) is 29.0 Å². The van der Waals surface area contributed by atoms with Gasteiger partial charge in [-0.15, -0.1) is 11.3 Å². The average Bonchev–Trinajstić information content (AvgIpc) is 2.96. The minimum absolute atomic E-state index is 0.127. The molecule has 0 aliphatic heterocycles. The number of nitrogens with zero attached hydrogens (tertiary/aromatic N) is 1. The Kier molecular flexibility index (Phi) is 3.26. The summed E-state index contributed by atoms with van der Waals surface area (Å²) in [5.41, 5.74) is 1.89. The second-order valence-electron chi connectivity index (χ2n) is 4.02. The average molecular weight is 309 g/mol. The van der Waals surface area contributed by atoms with Gasteiger partial charge in [0.25, 0.3) is 5.91 Å². The number of benzene rings is 1. The number of hydrogen-bond donors (Lipinski definition) is 1. The van der Waals surface area contributed by atoms with Crippen molar-refractivity contribution in [2.24, 2.45) is 0 Å². The van der Waals surface area contributed by atoms with Crippen LogP contribution in [0.2, 0.25) is 5.02 Å². The van der Waals surface area contributed by atoms with E-state index in [-0.39, 0.29) is 5.91 Å². The van der Waals surface area contributed by atoms with E-state index < -0.39 is 0 Å². The molecule has 0 bridgehead atoms. The molecule has 0 aliphatic rings. The van der Waals surface area contributed by atoms with Gasteiger partial charge >= 0.3 is 0 Å². The topological polar surface area (TPSA) is 42.0 Å². The summed E-state index contributed by atoms with van der Waals surface area (Å²) >= 11 is 8.85. The van der Waals surface area contributed by atoms with E-state index in [0.29, 0.717) is 15.0 Å². The molecule has 0 unspecified atom stereocenters. The summed E-state index contributed by atoms with van der Waals surface area (Å²) in [7, 11) is 0. The highest BCUT2D eigenvalue weighted by atomic mass is 35.5. The first-order valence-electron chi connectivity index (χ1n) is 5.55. The van der Waals surface area contributed by atoms with E-state index in [1.807, 2.05) is 30.5 Å². The first-order valence-corrected chi connectivity index (χ1v) is 7.62. The van der Waals surface area contributed by atoms with Crippen molar-refractivity contribution >= 4 is 55.5 Å². The van der Waals surface area contributed by atoms with Crippen molar-refractivity contribution in [3.63, 3.8) is 0 Å². The zero-order valence-electron chi connectivity index (χ0n) is 9.94. The van der Waals surface area contributed by atoms with E-state index in [1.165, 1.54) is 22.7 Å². The number of anilines is 1. The van der Waals surface area contributed by atoms with Gasteiger partial charge in [-0.2, -0.15) is 0 Å². The Morgan fingerprint density at radius 3 is 3.00 bits per heavy atom. The van der Waals surface area contributed by atoms with Crippen LogP contribution in [0.1, 0.15) is 15.2 Å². The molecule has 2 aromatic heterocycles. The Morgan fingerprint density at radius 1 is 1.42 bits per heavy atom. The Labute approximate surface area is 122 Å². The van der Waals surface area contributed by atoms with E-state index in [4.69, 9.17) is 11.6 Å². The first-order chi connectivity index (χ1) is 9.13. The third kappa shape index (κ3) is 2.49. The predicted molar refractivity (Wildman–Crippen MR) is 81.6 cm³/mol. The molecule has 96 valence electrons. The second-order valence-corrected chi connectivity index (χ2v) is 6.43. The molecule has 2 heterocycles. The number of fused-ring (bicyclic) bond motifs is 1. The van der Waals surface area contributed by atoms with Gasteiger partial charge in [0, 0.05) is 5.02 Å². The lowest BCUT2D eigenvalue weighted by molar-refractivity contribution is 0.103. The third-order valence-electron chi connectivity index (χ3n) is 2.62. The molecule has 3 nitrogen and oxygen atoms in total. The van der Waals surface area contributed by atoms with Gasteiger partial charge in [0.2, 0.25) is 0 Å². The fourth-order valence-corrected chi connectivity index (χ4v) is 3.71. The summed E-state index contributed by atoms with van der Waals surface area (Å²) < 4.78 is 0.978. The molecule has 0 saturated carbocycles. The number of halogens is 1. The third-order valence-corrected chi connectivity index (χ3v) is 4.62. The van der Waals surface area contributed by atoms with Crippen LogP contribution >= 0.6 is 34.3 Å². The fraction of sp³-hybridized carbons (Fsp3) is 0.0769. The summed E-state index contributed by atoms with van der Waals surface area (Å²) in [4.78, 5) is 17.1. The summed E-state index contributed by atoms with van der Waals surface area (Å²) in [5, 5.41) is 5.97. The first kappa shape index (κ1) is 12.6. The Balaban J connectivity index is 1.94. The highest BCUT2D eigenvalue weighted by Gasteiger charge is 2.12. The van der Waals surface area contributed by atoms with E-state index in [1.54, 1.807) is 6.07 Å². The number of thiophene rings is 1. The van der Waals surface area contributed by atoms with Crippen LogP contribution in [0.3, 0.4) is 0 Å². The summed E-state index contributed by atoms with van der Waals surface area (Å²) in [6, 6.07) is 7.37. The lowest BCUT2D eigenvalue weighted by Gasteiger charge is -1.97. The zero-order valence-corrected chi connectivity index (χ0v) is 12.3. The van der Waals surface area contributed by atoms with Crippen molar-refractivity contribution in [1.82, 2.24) is 4.98 Å². The van der Waals surface area contributed by atoms with Gasteiger partial charge in [-0.25, -0.2) is 4.98 Å². The Bertz CT molecular complexity index is 749. The summed E-state index contributed by atoms with van der Waals surface area (Å²) in [6.45, 7) is 1.96. The lowest BCUT2D eigenvalue weighted by Crippen LogP contribution is -2.09. The molecule has 0 aliphatic carbocycles. The van der Waals surface area contributed by atoms with Crippen molar-refractivity contribution in [3.8, 4) is 0 Å². The lowest BCUT2D eigenvalue weighted by atomic mass is 10.2. The standard InChI is InChI=1S/C13H9ClN2OS2/c1-7-5-8(14)6-10-11(7)15-13(19-10)16-12(17)9-3-2-4-18-9/h2-6H,1H3,(H,15,16,17). The van der Waals surface area contributed by atoms with Gasteiger partial charge in [0.15, 0.2) is 5.13 Å². The molecule has 3 rings (SSSR count). The van der Waals surface area contributed by atoms with Gasteiger partial charge in [0.1, 0.15) is 0 Å². The van der Waals surface area contributed by atoms with Crippen LogP contribution in [-0.2, 0) is 0 Å². The minimum Gasteiger partial charge on any atom is -0.297 e. The molecule has 0 atom stereocenters. The van der Waals surface area contributed by atoms with Crippen LogP contribution in [0.15, 0.2) is 29.6 Å². The van der Waals surface area contributed by atoms with Crippen molar-refractivity contribution in [2.45, 2.75) is 6.92 Å². The minimum atomic E-state index is -0.127. The highest BCUT2D eigenvalue weighted by molar-refractivity contribution is 7.22. The van der Waals surface area contributed by atoms with E-state index >= 15 is 0 Å². The number of carbonyl (C=O) groups is 1. The number of rotatable bonds is 2. The maximum absolute atomic E-state index is 11.9. The second kappa shape index (κ2) is 4.92. The smallest absolute Gasteiger partial charge is 0.267 e. The molecular weight excluding hydrogens is 300 g/mol. The Hall–Kier alpha value is -1.43. The predicted octanol–water partition coefficient (Wildman–Crippen LogP) is 4.57. The van der Waals surface area contributed by atoms with Gasteiger partial charge in [-0.3, -0.25) is 10.1 Å². The Morgan fingerprint density at radius 2 is 2.26 bits per heavy atom. The molecule has 19 heavy (non-hydrogen) atoms. The quantitative estimate of drug-likeness (QED) is 0.753. The summed E-state index contributed by atoms with van der Waals surface area (Å²) in [5.74, 6) is -0.127. The van der Waals surface area contributed by atoms with Gasteiger partial charge in [0.05, 0.1) is 15.1 Å². The van der Waals surface area contributed by atoms with E-state index in [9.17, 15) is 4.79 Å². The molecule has 1 aromatic carbocycles. The van der Waals surface area contributed by atoms with Crippen LogP contribution in [0, 0.1) is 6.92 Å². The number of thiazole rings is 1. The van der Waals surface area contributed by atoms with Gasteiger partial charge in [-0.05, 0) is 36.1 Å². The van der Waals surface area contributed by atoms with Gasteiger partial charge < -0.3 is 0 Å². The van der Waals surface area contributed by atoms with Crippen molar-refractivity contribution < 1.29 is 4.79 Å². The number of nitrogens with one attached hydrogen (secondary N) is 1. The SMILES string of the molecule is Cc1cc(Cl)cc2sc(NC(=O)c3cccs3)nc12. The van der Waals surface area contributed by atoms with Crippen molar-refractivity contribution in [3.05, 3.63) is 45.1 Å². The molecule has 0 spiro atoms. The molecular formula is C13H9ClN2OS2. The number of aryl methyl sites for hydroxylation is 1. The number of amides is 1.